The van der Waals surface area contributed by atoms with Gasteiger partial charge in [0.1, 0.15) is 0 Å². The number of thiol groups is 1. The van der Waals surface area contributed by atoms with Crippen molar-refractivity contribution in [3.8, 4) is 0 Å². The smallest absolute Gasteiger partial charge is 0.0517 e. The quantitative estimate of drug-likeness (QED) is 0.543. The second kappa shape index (κ2) is 2.62. The third kappa shape index (κ3) is 1.17. The van der Waals surface area contributed by atoms with Gasteiger partial charge in [0.05, 0.1) is 5.69 Å². The van der Waals surface area contributed by atoms with Crippen molar-refractivity contribution >= 4 is 18.5 Å². The van der Waals surface area contributed by atoms with Crippen LogP contribution in [-0.4, -0.2) is 0 Å². The van der Waals surface area contributed by atoms with Crippen LogP contribution in [0, 0.1) is 6.07 Å². The fourth-order valence-corrected chi connectivity index (χ4v) is 0.602. The normalized spacial score (nSPS) is 8.62. The molecule has 0 aliphatic rings. The summed E-state index contributed by atoms with van der Waals surface area (Å²) in [6.45, 7) is 0. The van der Waals surface area contributed by atoms with E-state index in [0.717, 1.165) is 5.69 Å². The molecule has 1 rings (SSSR count). The van der Waals surface area contributed by atoms with Crippen molar-refractivity contribution in [3.63, 3.8) is 0 Å². The van der Waals surface area contributed by atoms with Gasteiger partial charge in [0, 0.05) is 6.07 Å². The number of nitrogens with one attached hydrogen (secondary N) is 1. The molecule has 0 aliphatic carbocycles. The van der Waals surface area contributed by atoms with Gasteiger partial charge >= 0.3 is 0 Å². The summed E-state index contributed by atoms with van der Waals surface area (Å²) in [4.78, 5) is 0. The molecule has 2 heteroatoms. The van der Waals surface area contributed by atoms with Gasteiger partial charge in [-0.1, -0.05) is 31.0 Å². The average molecular weight is 124 g/mol. The van der Waals surface area contributed by atoms with E-state index in [2.05, 4.69) is 23.6 Å². The maximum absolute atomic E-state index is 3.83. The van der Waals surface area contributed by atoms with Gasteiger partial charge in [0.2, 0.25) is 0 Å². The van der Waals surface area contributed by atoms with Gasteiger partial charge in [-0.15, -0.1) is 0 Å². The number of para-hydroxylation sites is 1. The van der Waals surface area contributed by atoms with Crippen molar-refractivity contribution in [3.05, 3.63) is 30.3 Å². The maximum Gasteiger partial charge on any atom is 0.0517 e. The predicted octanol–water partition coefficient (Wildman–Crippen LogP) is 1.74. The lowest BCUT2D eigenvalue weighted by Crippen LogP contribution is -1.76. The lowest BCUT2D eigenvalue weighted by Gasteiger charge is -1.92. The van der Waals surface area contributed by atoms with Crippen LogP contribution in [0.15, 0.2) is 24.3 Å². The molecule has 0 saturated heterocycles. The van der Waals surface area contributed by atoms with Crippen LogP contribution in [0.3, 0.4) is 0 Å². The van der Waals surface area contributed by atoms with E-state index in [1.54, 1.807) is 0 Å². The molecule has 1 aromatic rings. The second-order valence-electron chi connectivity index (χ2n) is 1.39. The summed E-state index contributed by atoms with van der Waals surface area (Å²) in [7, 11) is 0. The topological polar surface area (TPSA) is 12.0 Å². The molecule has 1 aromatic carbocycles. The Bertz CT molecular complexity index is 150. The fraction of sp³-hybridized carbons (Fsp3) is 0. The summed E-state index contributed by atoms with van der Waals surface area (Å²) < 4.78 is 2.67. The van der Waals surface area contributed by atoms with Gasteiger partial charge in [0.15, 0.2) is 0 Å². The molecular formula is C6H6NS. The summed E-state index contributed by atoms with van der Waals surface area (Å²) in [5, 5.41) is 0. The molecule has 1 N–H and O–H groups in total. The standard InChI is InChI=1S/C6H6NS/c8-7-6-4-2-1-3-5-6/h1-4,7-8H. The third-order valence-electron chi connectivity index (χ3n) is 0.830. The molecule has 0 heterocycles. The van der Waals surface area contributed by atoms with Crippen LogP contribution in [0.2, 0.25) is 0 Å². The Morgan fingerprint density at radius 1 is 1.50 bits per heavy atom. The van der Waals surface area contributed by atoms with Gasteiger partial charge in [-0.25, -0.2) is 0 Å². The highest BCUT2D eigenvalue weighted by Gasteiger charge is 1.79. The molecule has 8 heavy (non-hydrogen) atoms. The van der Waals surface area contributed by atoms with Gasteiger partial charge in [-0.3, -0.25) is 0 Å². The van der Waals surface area contributed by atoms with Gasteiger partial charge in [0.25, 0.3) is 0 Å². The van der Waals surface area contributed by atoms with Crippen molar-refractivity contribution in [1.82, 2.24) is 0 Å². The number of rotatable bonds is 1. The Labute approximate surface area is 54.3 Å². The molecule has 0 saturated carbocycles. The Morgan fingerprint density at radius 3 is 2.75 bits per heavy atom. The average Bonchev–Trinajstić information content (AvgIpc) is 1.90. The molecule has 41 valence electrons. The van der Waals surface area contributed by atoms with Crippen molar-refractivity contribution in [1.29, 1.82) is 0 Å². The van der Waals surface area contributed by atoms with Crippen LogP contribution in [-0.2, 0) is 0 Å². The Morgan fingerprint density at radius 2 is 2.38 bits per heavy atom. The zero-order chi connectivity index (χ0) is 5.82. The molecule has 0 aliphatic heterocycles. The second-order valence-corrected chi connectivity index (χ2v) is 1.61. The van der Waals surface area contributed by atoms with Crippen molar-refractivity contribution in [2.24, 2.45) is 0 Å². The monoisotopic (exact) mass is 124 g/mol. The molecule has 0 aromatic heterocycles. The summed E-state index contributed by atoms with van der Waals surface area (Å²) in [6, 6.07) is 10.5. The molecule has 1 radical (unpaired) electrons. The van der Waals surface area contributed by atoms with Crippen LogP contribution >= 0.6 is 12.8 Å². The van der Waals surface area contributed by atoms with Crippen molar-refractivity contribution < 1.29 is 0 Å². The molecule has 0 bridgehead atoms. The van der Waals surface area contributed by atoms with E-state index in [0.29, 0.717) is 0 Å². The predicted molar refractivity (Wildman–Crippen MR) is 37.9 cm³/mol. The van der Waals surface area contributed by atoms with Gasteiger partial charge in [-0.2, -0.15) is 0 Å². The number of anilines is 1. The SMILES string of the molecule is SNc1[c]cccc1. The molecule has 0 atom stereocenters. The highest BCUT2D eigenvalue weighted by atomic mass is 32.1. The van der Waals surface area contributed by atoms with Crippen LogP contribution in [0.25, 0.3) is 0 Å². The summed E-state index contributed by atoms with van der Waals surface area (Å²) >= 11 is 3.83. The maximum atomic E-state index is 3.83. The van der Waals surface area contributed by atoms with Crippen LogP contribution in [0.1, 0.15) is 0 Å². The van der Waals surface area contributed by atoms with E-state index in [9.17, 15) is 0 Å². The fourth-order valence-electron chi connectivity index (χ4n) is 0.463. The van der Waals surface area contributed by atoms with E-state index in [4.69, 9.17) is 0 Å². The van der Waals surface area contributed by atoms with E-state index in [1.807, 2.05) is 24.3 Å². The minimum Gasteiger partial charge on any atom is -0.332 e. The molecule has 0 amide bonds. The van der Waals surface area contributed by atoms with Gasteiger partial charge < -0.3 is 4.72 Å². The highest BCUT2D eigenvalue weighted by molar-refractivity contribution is 7.81. The minimum absolute atomic E-state index is 0.899. The summed E-state index contributed by atoms with van der Waals surface area (Å²) in [5.41, 5.74) is 0.899. The number of hydrogen-bond donors (Lipinski definition) is 2. The van der Waals surface area contributed by atoms with Gasteiger partial charge in [-0.05, 0) is 6.07 Å². The van der Waals surface area contributed by atoms with Crippen molar-refractivity contribution in [2.45, 2.75) is 0 Å². The third-order valence-corrected chi connectivity index (χ3v) is 1.07. The lowest BCUT2D eigenvalue weighted by molar-refractivity contribution is 1.67. The first-order chi connectivity index (χ1) is 3.93. The first-order valence-electron chi connectivity index (χ1n) is 2.30. The number of hydrogen-bond acceptors (Lipinski definition) is 2. The van der Waals surface area contributed by atoms with Crippen LogP contribution in [0.5, 0.6) is 0 Å². The lowest BCUT2D eigenvalue weighted by atomic mass is 10.3. The first-order valence-corrected chi connectivity index (χ1v) is 2.75. The van der Waals surface area contributed by atoms with E-state index < -0.39 is 0 Å². The highest BCUT2D eigenvalue weighted by Crippen LogP contribution is 2.03. The number of benzene rings is 1. The zero-order valence-electron chi connectivity index (χ0n) is 4.26. The largest absolute Gasteiger partial charge is 0.332 e. The van der Waals surface area contributed by atoms with Crippen molar-refractivity contribution in [2.75, 3.05) is 4.72 Å². The molecule has 0 spiro atoms. The van der Waals surface area contributed by atoms with Crippen LogP contribution in [0.4, 0.5) is 5.69 Å². The Hall–Kier alpha value is -0.630. The summed E-state index contributed by atoms with van der Waals surface area (Å²) in [6.07, 6.45) is 0. The first kappa shape index (κ1) is 5.51. The minimum atomic E-state index is 0.899. The van der Waals surface area contributed by atoms with Crippen LogP contribution < -0.4 is 4.72 Å². The molecule has 0 fully saturated rings. The Balaban J connectivity index is 2.83. The molecular weight excluding hydrogens is 118 g/mol. The molecule has 1 nitrogen and oxygen atoms in total. The zero-order valence-corrected chi connectivity index (χ0v) is 5.15. The summed E-state index contributed by atoms with van der Waals surface area (Å²) in [5.74, 6) is 0. The van der Waals surface area contributed by atoms with E-state index >= 15 is 0 Å². The Kier molecular flexibility index (Phi) is 1.80. The van der Waals surface area contributed by atoms with E-state index in [-0.39, 0.29) is 0 Å². The molecule has 0 unspecified atom stereocenters. The van der Waals surface area contributed by atoms with E-state index in [1.165, 1.54) is 0 Å².